The van der Waals surface area contributed by atoms with Gasteiger partial charge in [0.05, 0.1) is 24.1 Å². The van der Waals surface area contributed by atoms with Crippen LogP contribution in [0.25, 0.3) is 0 Å². The number of anilines is 1. The zero-order chi connectivity index (χ0) is 26.4. The fourth-order valence-corrected chi connectivity index (χ4v) is 6.34. The molecule has 1 aliphatic heterocycles. The molecule has 15 heteroatoms. The molecule has 192 valence electrons. The quantitative estimate of drug-likeness (QED) is 0.442. The lowest BCUT2D eigenvalue weighted by molar-refractivity contribution is -0.376. The van der Waals surface area contributed by atoms with E-state index in [1.165, 1.54) is 0 Å². The number of rotatable bonds is 5. The van der Waals surface area contributed by atoms with Crippen LogP contribution in [0.4, 0.5) is 36.4 Å². The van der Waals surface area contributed by atoms with Gasteiger partial charge in [-0.15, -0.1) is 11.8 Å². The number of carbonyl (C=O) groups is 1. The third kappa shape index (κ3) is 4.93. The Hall–Kier alpha value is -2.52. The van der Waals surface area contributed by atoms with Crippen LogP contribution in [0.3, 0.4) is 0 Å². The summed E-state index contributed by atoms with van der Waals surface area (Å²) in [6, 6.07) is 4.99. The number of halogens is 7. The van der Waals surface area contributed by atoms with Crippen LogP contribution in [0.15, 0.2) is 52.3 Å². The number of ether oxygens (including phenoxy) is 1. The van der Waals surface area contributed by atoms with Gasteiger partial charge in [-0.25, -0.2) is 12.8 Å². The second-order valence-electron chi connectivity index (χ2n) is 7.40. The summed E-state index contributed by atoms with van der Waals surface area (Å²) in [7, 11) is -3.44. The van der Waals surface area contributed by atoms with Crippen molar-refractivity contribution in [3.63, 3.8) is 0 Å². The van der Waals surface area contributed by atoms with Gasteiger partial charge in [-0.1, -0.05) is 6.07 Å². The van der Waals surface area contributed by atoms with Crippen LogP contribution >= 0.6 is 11.8 Å². The van der Waals surface area contributed by atoms with E-state index in [0.29, 0.717) is 34.3 Å². The number of esters is 1. The molecule has 1 aliphatic rings. The highest BCUT2D eigenvalue weighted by Crippen LogP contribution is 2.52. The smallest absolute Gasteiger partial charge is 0.430 e. The Labute approximate surface area is 198 Å². The normalized spacial score (nSPS) is 17.2. The number of sulfonamides is 1. The zero-order valence-corrected chi connectivity index (χ0v) is 19.2. The molecule has 0 saturated heterocycles. The Kier molecular flexibility index (Phi) is 7.09. The van der Waals surface area contributed by atoms with Gasteiger partial charge < -0.3 is 9.84 Å². The molecule has 1 heterocycles. The number of methoxy groups -OCH3 is 1. The first-order chi connectivity index (χ1) is 16.0. The first kappa shape index (κ1) is 27.1. The van der Waals surface area contributed by atoms with Crippen LogP contribution in [-0.2, 0) is 25.2 Å². The highest BCUT2D eigenvalue weighted by molar-refractivity contribution is 8.00. The number of benzene rings is 2. The summed E-state index contributed by atoms with van der Waals surface area (Å²) in [5.41, 5.74) is -7.09. The first-order valence-corrected chi connectivity index (χ1v) is 11.9. The van der Waals surface area contributed by atoms with E-state index >= 15 is 0 Å². The summed E-state index contributed by atoms with van der Waals surface area (Å²) in [5.74, 6) is -1.55. The molecule has 1 atom stereocenters. The van der Waals surface area contributed by atoms with E-state index in [1.54, 1.807) is 0 Å². The topological polar surface area (TPSA) is 83.9 Å². The molecule has 1 N–H and O–H groups in total. The maximum absolute atomic E-state index is 13.4. The van der Waals surface area contributed by atoms with E-state index in [2.05, 4.69) is 4.74 Å². The Morgan fingerprint density at radius 1 is 1.09 bits per heavy atom. The fraction of sp³-hybridized carbons (Fsp3) is 0.350. The standard InChI is InChI=1S/C20H16F7NO5S2/c1-33-17(29)9-13-10-28(35(31,32)14-5-3-12(21)4-6-14)15-7-2-11(8-16(15)34-13)18(30,19(22,23)24)20(25,26)27/h2-8,13,30H,9-10H2,1H3. The number of carbonyl (C=O) groups excluding carboxylic acids is 1. The summed E-state index contributed by atoms with van der Waals surface area (Å²) in [5, 5.41) is 8.77. The number of thioether (sulfide) groups is 1. The molecule has 6 nitrogen and oxygen atoms in total. The first-order valence-electron chi connectivity index (χ1n) is 9.54. The summed E-state index contributed by atoms with van der Waals surface area (Å²) < 4.78 is 125. The number of aliphatic hydroxyl groups is 1. The summed E-state index contributed by atoms with van der Waals surface area (Å²) in [6.45, 7) is -0.394. The highest BCUT2D eigenvalue weighted by Gasteiger charge is 2.71. The monoisotopic (exact) mass is 547 g/mol. The van der Waals surface area contributed by atoms with Crippen molar-refractivity contribution in [3.05, 3.63) is 53.8 Å². The maximum atomic E-state index is 13.4. The van der Waals surface area contributed by atoms with Gasteiger partial charge in [0, 0.05) is 22.3 Å². The van der Waals surface area contributed by atoms with Crippen molar-refractivity contribution in [2.45, 2.75) is 39.4 Å². The minimum atomic E-state index is -6.15. The molecular formula is C20H16F7NO5S2. The van der Waals surface area contributed by atoms with Crippen molar-refractivity contribution in [3.8, 4) is 0 Å². The second-order valence-corrected chi connectivity index (χ2v) is 10.6. The van der Waals surface area contributed by atoms with Gasteiger partial charge in [0.15, 0.2) is 0 Å². The lowest BCUT2D eigenvalue weighted by Crippen LogP contribution is -2.54. The molecule has 0 fully saturated rings. The molecule has 1 unspecified atom stereocenters. The lowest BCUT2D eigenvalue weighted by Gasteiger charge is -2.37. The van der Waals surface area contributed by atoms with E-state index in [9.17, 15) is 49.1 Å². The van der Waals surface area contributed by atoms with E-state index < -0.39 is 68.4 Å². The second kappa shape index (κ2) is 9.17. The van der Waals surface area contributed by atoms with E-state index in [4.69, 9.17) is 0 Å². The number of hydrogen-bond acceptors (Lipinski definition) is 6. The Morgan fingerprint density at radius 2 is 1.66 bits per heavy atom. The van der Waals surface area contributed by atoms with Gasteiger partial charge in [-0.2, -0.15) is 26.3 Å². The van der Waals surface area contributed by atoms with E-state index in [-0.39, 0.29) is 10.6 Å². The average Bonchev–Trinajstić information content (AvgIpc) is 2.76. The Bertz CT molecular complexity index is 1200. The minimum Gasteiger partial charge on any atom is -0.469 e. The van der Waals surface area contributed by atoms with Gasteiger partial charge in [0.25, 0.3) is 15.6 Å². The molecule has 0 bridgehead atoms. The number of alkyl halides is 6. The molecule has 0 spiro atoms. The fourth-order valence-electron chi connectivity index (χ4n) is 3.36. The molecule has 0 aliphatic carbocycles. The van der Waals surface area contributed by atoms with Crippen molar-refractivity contribution in [1.82, 2.24) is 0 Å². The summed E-state index contributed by atoms with van der Waals surface area (Å²) >= 11 is 0.657. The van der Waals surface area contributed by atoms with Gasteiger partial charge in [-0.05, 0) is 36.4 Å². The SMILES string of the molecule is COC(=O)CC1CN(S(=O)(=O)c2ccc(F)cc2)c2ccc(C(O)(C(F)(F)F)C(F)(F)F)cc2S1. The highest BCUT2D eigenvalue weighted by atomic mass is 32.2. The summed E-state index contributed by atoms with van der Waals surface area (Å²) in [6.07, 6.45) is -12.7. The molecule has 3 rings (SSSR count). The van der Waals surface area contributed by atoms with Crippen LogP contribution in [0.1, 0.15) is 12.0 Å². The van der Waals surface area contributed by atoms with Crippen LogP contribution in [0.2, 0.25) is 0 Å². The van der Waals surface area contributed by atoms with Gasteiger partial charge >= 0.3 is 18.3 Å². The maximum Gasteiger partial charge on any atom is 0.430 e. The predicted molar refractivity (Wildman–Crippen MR) is 110 cm³/mol. The van der Waals surface area contributed by atoms with Gasteiger partial charge in [0.1, 0.15) is 5.82 Å². The van der Waals surface area contributed by atoms with Crippen molar-refractivity contribution < 1.29 is 53.8 Å². The largest absolute Gasteiger partial charge is 0.469 e. The third-order valence-electron chi connectivity index (χ3n) is 5.15. The molecule has 2 aromatic rings. The summed E-state index contributed by atoms with van der Waals surface area (Å²) in [4.78, 5) is 11.0. The average molecular weight is 547 g/mol. The van der Waals surface area contributed by atoms with E-state index in [0.717, 1.165) is 31.4 Å². The van der Waals surface area contributed by atoms with Gasteiger partial charge in [-0.3, -0.25) is 9.10 Å². The molecule has 2 aromatic carbocycles. The van der Waals surface area contributed by atoms with E-state index in [1.807, 2.05) is 0 Å². The molecule has 0 radical (unpaired) electrons. The molecular weight excluding hydrogens is 531 g/mol. The van der Waals surface area contributed by atoms with Crippen molar-refractivity contribution >= 4 is 33.4 Å². The zero-order valence-electron chi connectivity index (χ0n) is 17.5. The molecule has 0 amide bonds. The van der Waals surface area contributed by atoms with Crippen LogP contribution in [0, 0.1) is 5.82 Å². The van der Waals surface area contributed by atoms with Gasteiger partial charge in [0.2, 0.25) is 0 Å². The van der Waals surface area contributed by atoms with Crippen molar-refractivity contribution in [2.75, 3.05) is 18.0 Å². The van der Waals surface area contributed by atoms with Crippen LogP contribution in [-0.4, -0.2) is 50.8 Å². The number of hydrogen-bond donors (Lipinski definition) is 1. The van der Waals surface area contributed by atoms with Crippen LogP contribution in [0.5, 0.6) is 0 Å². The molecule has 0 saturated carbocycles. The Morgan fingerprint density at radius 3 is 2.17 bits per heavy atom. The molecule has 35 heavy (non-hydrogen) atoms. The minimum absolute atomic E-state index is 0.282. The van der Waals surface area contributed by atoms with Crippen molar-refractivity contribution in [2.24, 2.45) is 0 Å². The van der Waals surface area contributed by atoms with Crippen molar-refractivity contribution in [1.29, 1.82) is 0 Å². The molecule has 0 aromatic heterocycles. The third-order valence-corrected chi connectivity index (χ3v) is 8.18. The van der Waals surface area contributed by atoms with Crippen LogP contribution < -0.4 is 4.31 Å². The number of nitrogens with zero attached hydrogens (tertiary/aromatic N) is 1. The lowest BCUT2D eigenvalue weighted by atomic mass is 9.92. The Balaban J connectivity index is 2.18. The number of fused-ring (bicyclic) bond motifs is 1. The predicted octanol–water partition coefficient (Wildman–Crippen LogP) is 4.37.